The predicted molar refractivity (Wildman–Crippen MR) is 62.9 cm³/mol. The molecule has 0 amide bonds. The molecule has 0 bridgehead atoms. The summed E-state index contributed by atoms with van der Waals surface area (Å²) in [6, 6.07) is 4.25. The highest BCUT2D eigenvalue weighted by atomic mass is 19.4. The van der Waals surface area contributed by atoms with E-state index in [1.165, 1.54) is 6.07 Å². The number of halogens is 3. The third kappa shape index (κ3) is 2.49. The lowest BCUT2D eigenvalue weighted by atomic mass is 10.1. The van der Waals surface area contributed by atoms with E-state index in [0.29, 0.717) is 18.3 Å². The van der Waals surface area contributed by atoms with E-state index in [-0.39, 0.29) is 11.8 Å². The molecule has 0 aliphatic heterocycles. The Balaban J connectivity index is 2.41. The minimum Gasteiger partial charge on any atom is -0.369 e. The Morgan fingerprint density at radius 2 is 2.06 bits per heavy atom. The molecule has 18 heavy (non-hydrogen) atoms. The molecule has 0 spiro atoms. The zero-order chi connectivity index (χ0) is 13.3. The molecule has 0 unspecified atom stereocenters. The molecule has 1 aliphatic carbocycles. The molecule has 2 nitrogen and oxygen atoms in total. The second-order valence-electron chi connectivity index (χ2n) is 4.40. The lowest BCUT2D eigenvalue weighted by Crippen LogP contribution is -2.25. The lowest BCUT2D eigenvalue weighted by molar-refractivity contribution is -0.137. The molecular formula is C13H14F3NO. The Morgan fingerprint density at radius 1 is 1.39 bits per heavy atom. The molecule has 0 atom stereocenters. The average molecular weight is 257 g/mol. The van der Waals surface area contributed by atoms with Gasteiger partial charge >= 0.3 is 6.18 Å². The van der Waals surface area contributed by atoms with Gasteiger partial charge in [0, 0.05) is 23.8 Å². The number of alkyl halides is 3. The van der Waals surface area contributed by atoms with Crippen molar-refractivity contribution in [1.29, 1.82) is 0 Å². The lowest BCUT2D eigenvalue weighted by Gasteiger charge is -2.24. The summed E-state index contributed by atoms with van der Waals surface area (Å²) in [7, 11) is 0. The summed E-state index contributed by atoms with van der Waals surface area (Å²) in [4.78, 5) is 12.6. The first-order valence-corrected chi connectivity index (χ1v) is 5.90. The van der Waals surface area contributed by atoms with Crippen LogP contribution >= 0.6 is 0 Å². The Morgan fingerprint density at radius 3 is 2.50 bits per heavy atom. The van der Waals surface area contributed by atoms with Crippen molar-refractivity contribution in [2.75, 3.05) is 11.4 Å². The van der Waals surface area contributed by atoms with Gasteiger partial charge in [0.05, 0.1) is 5.56 Å². The van der Waals surface area contributed by atoms with Crippen LogP contribution in [0, 0.1) is 0 Å². The summed E-state index contributed by atoms with van der Waals surface area (Å²) in [5.74, 6) is 0. The quantitative estimate of drug-likeness (QED) is 0.769. The fourth-order valence-corrected chi connectivity index (χ4v) is 2.11. The number of anilines is 1. The molecule has 1 aromatic carbocycles. The van der Waals surface area contributed by atoms with Crippen LogP contribution < -0.4 is 4.90 Å². The van der Waals surface area contributed by atoms with Crippen LogP contribution in [0.15, 0.2) is 18.2 Å². The third-order valence-corrected chi connectivity index (χ3v) is 3.13. The fourth-order valence-electron chi connectivity index (χ4n) is 2.11. The first-order chi connectivity index (χ1) is 8.47. The molecule has 1 fully saturated rings. The van der Waals surface area contributed by atoms with Crippen LogP contribution in [-0.2, 0) is 6.18 Å². The second-order valence-corrected chi connectivity index (χ2v) is 4.40. The Hall–Kier alpha value is -1.52. The number of hydrogen-bond acceptors (Lipinski definition) is 2. The van der Waals surface area contributed by atoms with Crippen molar-refractivity contribution in [2.45, 2.75) is 32.0 Å². The van der Waals surface area contributed by atoms with Crippen LogP contribution in [0.5, 0.6) is 0 Å². The van der Waals surface area contributed by atoms with E-state index in [0.717, 1.165) is 18.9 Å². The number of carbonyl (C=O) groups is 1. The topological polar surface area (TPSA) is 20.3 Å². The summed E-state index contributed by atoms with van der Waals surface area (Å²) in [5, 5.41) is 0. The highest BCUT2D eigenvalue weighted by molar-refractivity contribution is 5.79. The van der Waals surface area contributed by atoms with Gasteiger partial charge in [0.15, 0.2) is 6.29 Å². The van der Waals surface area contributed by atoms with Crippen LogP contribution in [0.4, 0.5) is 18.9 Å². The van der Waals surface area contributed by atoms with Crippen molar-refractivity contribution < 1.29 is 18.0 Å². The zero-order valence-corrected chi connectivity index (χ0v) is 10.00. The predicted octanol–water partition coefficient (Wildman–Crippen LogP) is 3.51. The first kappa shape index (κ1) is 12.9. The summed E-state index contributed by atoms with van der Waals surface area (Å²) < 4.78 is 38.5. The minimum atomic E-state index is -4.49. The van der Waals surface area contributed by atoms with Crippen molar-refractivity contribution >= 4 is 12.0 Å². The zero-order valence-electron chi connectivity index (χ0n) is 10.00. The largest absolute Gasteiger partial charge is 0.417 e. The number of carbonyl (C=O) groups excluding carboxylic acids is 1. The molecule has 5 heteroatoms. The van der Waals surface area contributed by atoms with Crippen LogP contribution in [0.2, 0.25) is 0 Å². The summed E-state index contributed by atoms with van der Waals surface area (Å²) >= 11 is 0. The van der Waals surface area contributed by atoms with Crippen molar-refractivity contribution in [1.82, 2.24) is 0 Å². The molecular weight excluding hydrogens is 243 g/mol. The molecule has 0 radical (unpaired) electrons. The van der Waals surface area contributed by atoms with E-state index < -0.39 is 11.7 Å². The van der Waals surface area contributed by atoms with Crippen LogP contribution in [0.3, 0.4) is 0 Å². The number of aldehydes is 1. The summed E-state index contributed by atoms with van der Waals surface area (Å²) in [5.41, 5.74) is -0.620. The SMILES string of the molecule is CCN(c1ccc(C=O)c(C(F)(F)F)c1)C1CC1. The molecule has 1 aliphatic rings. The molecule has 0 N–H and O–H groups in total. The maximum atomic E-state index is 12.8. The molecule has 2 rings (SSSR count). The van der Waals surface area contributed by atoms with E-state index in [9.17, 15) is 18.0 Å². The second kappa shape index (κ2) is 4.63. The number of rotatable bonds is 4. The van der Waals surface area contributed by atoms with Gasteiger partial charge in [-0.05, 0) is 38.0 Å². The van der Waals surface area contributed by atoms with Gasteiger partial charge in [-0.2, -0.15) is 13.2 Å². The van der Waals surface area contributed by atoms with E-state index in [1.807, 2.05) is 11.8 Å². The highest BCUT2D eigenvalue weighted by Crippen LogP contribution is 2.37. The number of hydrogen-bond donors (Lipinski definition) is 0. The van der Waals surface area contributed by atoms with Crippen LogP contribution in [0.1, 0.15) is 35.7 Å². The summed E-state index contributed by atoms with van der Waals surface area (Å²) in [6.45, 7) is 2.58. The number of benzene rings is 1. The molecule has 0 heterocycles. The molecule has 0 aromatic heterocycles. The van der Waals surface area contributed by atoms with E-state index in [4.69, 9.17) is 0 Å². The van der Waals surface area contributed by atoms with Gasteiger partial charge in [-0.15, -0.1) is 0 Å². The van der Waals surface area contributed by atoms with Gasteiger partial charge in [-0.1, -0.05) is 0 Å². The highest BCUT2D eigenvalue weighted by Gasteiger charge is 2.35. The maximum Gasteiger partial charge on any atom is 0.417 e. The monoisotopic (exact) mass is 257 g/mol. The minimum absolute atomic E-state index is 0.250. The summed E-state index contributed by atoms with van der Waals surface area (Å²) in [6.07, 6.45) is -2.20. The van der Waals surface area contributed by atoms with Gasteiger partial charge in [-0.3, -0.25) is 4.79 Å². The van der Waals surface area contributed by atoms with E-state index in [1.54, 1.807) is 6.07 Å². The first-order valence-electron chi connectivity index (χ1n) is 5.90. The standard InChI is InChI=1S/C13H14F3NO/c1-2-17(10-5-6-10)11-4-3-9(8-18)12(7-11)13(14,15)16/h3-4,7-8,10H,2,5-6H2,1H3. The smallest absolute Gasteiger partial charge is 0.369 e. The van der Waals surface area contributed by atoms with Gasteiger partial charge in [0.1, 0.15) is 0 Å². The van der Waals surface area contributed by atoms with Crippen molar-refractivity contribution in [3.05, 3.63) is 29.3 Å². The molecule has 0 saturated heterocycles. The van der Waals surface area contributed by atoms with Gasteiger partial charge in [0.2, 0.25) is 0 Å². The Bertz CT molecular complexity index is 452. The van der Waals surface area contributed by atoms with Gasteiger partial charge in [-0.25, -0.2) is 0 Å². The van der Waals surface area contributed by atoms with E-state index in [2.05, 4.69) is 0 Å². The van der Waals surface area contributed by atoms with Crippen molar-refractivity contribution in [2.24, 2.45) is 0 Å². The van der Waals surface area contributed by atoms with Gasteiger partial charge < -0.3 is 4.90 Å². The average Bonchev–Trinajstić information content (AvgIpc) is 3.13. The molecule has 1 saturated carbocycles. The molecule has 1 aromatic rings. The van der Waals surface area contributed by atoms with E-state index >= 15 is 0 Å². The number of nitrogens with zero attached hydrogens (tertiary/aromatic N) is 1. The van der Waals surface area contributed by atoms with Crippen molar-refractivity contribution in [3.63, 3.8) is 0 Å². The van der Waals surface area contributed by atoms with Gasteiger partial charge in [0.25, 0.3) is 0 Å². The van der Waals surface area contributed by atoms with Crippen LogP contribution in [0.25, 0.3) is 0 Å². The Labute approximate surface area is 103 Å². The normalized spacial score (nSPS) is 15.6. The Kier molecular flexibility index (Phi) is 3.32. The third-order valence-electron chi connectivity index (χ3n) is 3.13. The fraction of sp³-hybridized carbons (Fsp3) is 0.462. The maximum absolute atomic E-state index is 12.8. The van der Waals surface area contributed by atoms with Crippen molar-refractivity contribution in [3.8, 4) is 0 Å². The van der Waals surface area contributed by atoms with Crippen LogP contribution in [-0.4, -0.2) is 18.9 Å². The molecule has 98 valence electrons.